The largest absolute Gasteiger partial charge is 0.497 e. The lowest BCUT2D eigenvalue weighted by atomic mass is 10.2. The average Bonchev–Trinajstić information content (AvgIpc) is 3.02. The van der Waals surface area contributed by atoms with Crippen LogP contribution in [0, 0.1) is 6.92 Å². The van der Waals surface area contributed by atoms with Crippen molar-refractivity contribution in [1.29, 1.82) is 0 Å². The predicted octanol–water partition coefficient (Wildman–Crippen LogP) is 2.85. The third kappa shape index (κ3) is 2.53. The van der Waals surface area contributed by atoms with Crippen molar-refractivity contribution in [3.63, 3.8) is 0 Å². The van der Waals surface area contributed by atoms with Gasteiger partial charge in [-0.05, 0) is 50.6 Å². The molecule has 0 saturated heterocycles. The SMILES string of the molecule is CNCC1(Sc2ccc(OC)cc2C)CC1. The standard InChI is InChI=1S/C13H19NOS/c1-10-8-11(15-3)4-5-12(10)16-13(6-7-13)9-14-2/h4-5,8,14H,6-7,9H2,1-3H3. The molecule has 0 amide bonds. The van der Waals surface area contributed by atoms with E-state index < -0.39 is 0 Å². The second kappa shape index (κ2) is 4.68. The fraction of sp³-hybridized carbons (Fsp3) is 0.538. The molecule has 2 rings (SSSR count). The molecule has 0 aromatic heterocycles. The first-order valence-electron chi connectivity index (χ1n) is 5.67. The van der Waals surface area contributed by atoms with E-state index in [1.165, 1.54) is 23.3 Å². The summed E-state index contributed by atoms with van der Waals surface area (Å²) in [6.45, 7) is 3.25. The van der Waals surface area contributed by atoms with Crippen LogP contribution in [0.1, 0.15) is 18.4 Å². The molecular formula is C13H19NOS. The van der Waals surface area contributed by atoms with Crippen LogP contribution in [-0.2, 0) is 0 Å². The molecule has 1 aromatic carbocycles. The number of aryl methyl sites for hydroxylation is 1. The van der Waals surface area contributed by atoms with Crippen LogP contribution in [0.25, 0.3) is 0 Å². The maximum atomic E-state index is 5.22. The molecule has 0 heterocycles. The third-order valence-corrected chi connectivity index (χ3v) is 4.68. The fourth-order valence-corrected chi connectivity index (χ4v) is 3.22. The fourth-order valence-electron chi connectivity index (χ4n) is 1.87. The van der Waals surface area contributed by atoms with Crippen molar-refractivity contribution in [2.45, 2.75) is 29.4 Å². The number of ether oxygens (including phenoxy) is 1. The van der Waals surface area contributed by atoms with Gasteiger partial charge in [0.25, 0.3) is 0 Å². The van der Waals surface area contributed by atoms with Crippen LogP contribution >= 0.6 is 11.8 Å². The summed E-state index contributed by atoms with van der Waals surface area (Å²) in [6.07, 6.45) is 2.65. The smallest absolute Gasteiger partial charge is 0.119 e. The second-order valence-corrected chi connectivity index (χ2v) is 5.96. The quantitative estimate of drug-likeness (QED) is 0.851. The predicted molar refractivity (Wildman–Crippen MR) is 69.5 cm³/mol. The van der Waals surface area contributed by atoms with Gasteiger partial charge in [-0.1, -0.05) is 0 Å². The number of rotatable bonds is 5. The summed E-state index contributed by atoms with van der Waals surface area (Å²) in [6, 6.07) is 6.33. The zero-order valence-corrected chi connectivity index (χ0v) is 11.0. The first-order valence-corrected chi connectivity index (χ1v) is 6.49. The summed E-state index contributed by atoms with van der Waals surface area (Å²) < 4.78 is 5.67. The molecule has 2 nitrogen and oxygen atoms in total. The zero-order valence-electron chi connectivity index (χ0n) is 10.2. The van der Waals surface area contributed by atoms with Gasteiger partial charge in [0, 0.05) is 16.2 Å². The normalized spacial score (nSPS) is 17.2. The van der Waals surface area contributed by atoms with Gasteiger partial charge in [0.2, 0.25) is 0 Å². The molecule has 1 saturated carbocycles. The van der Waals surface area contributed by atoms with Crippen LogP contribution < -0.4 is 10.1 Å². The van der Waals surface area contributed by atoms with Crippen molar-refractivity contribution < 1.29 is 4.74 Å². The number of nitrogens with one attached hydrogen (secondary N) is 1. The topological polar surface area (TPSA) is 21.3 Å². The van der Waals surface area contributed by atoms with E-state index in [1.54, 1.807) is 7.11 Å². The van der Waals surface area contributed by atoms with E-state index in [9.17, 15) is 0 Å². The lowest BCUT2D eigenvalue weighted by Crippen LogP contribution is -2.22. The van der Waals surface area contributed by atoms with Gasteiger partial charge in [-0.15, -0.1) is 11.8 Å². The number of benzene rings is 1. The first kappa shape index (κ1) is 11.8. The highest BCUT2D eigenvalue weighted by molar-refractivity contribution is 8.01. The number of hydrogen-bond donors (Lipinski definition) is 1. The second-order valence-electron chi connectivity index (χ2n) is 4.45. The Balaban J connectivity index is 2.10. The molecule has 3 heteroatoms. The maximum Gasteiger partial charge on any atom is 0.119 e. The highest BCUT2D eigenvalue weighted by atomic mass is 32.2. The summed E-state index contributed by atoms with van der Waals surface area (Å²) >= 11 is 2.01. The Morgan fingerprint density at radius 3 is 2.69 bits per heavy atom. The van der Waals surface area contributed by atoms with Gasteiger partial charge in [-0.25, -0.2) is 0 Å². The Labute approximate surface area is 102 Å². The van der Waals surface area contributed by atoms with Crippen molar-refractivity contribution in [3.05, 3.63) is 23.8 Å². The lowest BCUT2D eigenvalue weighted by molar-refractivity contribution is 0.414. The number of methoxy groups -OCH3 is 1. The molecular weight excluding hydrogens is 218 g/mol. The van der Waals surface area contributed by atoms with Crippen molar-refractivity contribution in [3.8, 4) is 5.75 Å². The average molecular weight is 237 g/mol. The maximum absolute atomic E-state index is 5.22. The molecule has 0 atom stereocenters. The number of hydrogen-bond acceptors (Lipinski definition) is 3. The minimum absolute atomic E-state index is 0.452. The summed E-state index contributed by atoms with van der Waals surface area (Å²) in [4.78, 5) is 1.38. The van der Waals surface area contributed by atoms with Crippen molar-refractivity contribution in [2.75, 3.05) is 20.7 Å². The molecule has 0 radical (unpaired) electrons. The molecule has 1 aromatic rings. The van der Waals surface area contributed by atoms with Gasteiger partial charge in [0.05, 0.1) is 7.11 Å². The first-order chi connectivity index (χ1) is 7.69. The number of thioether (sulfide) groups is 1. The van der Waals surface area contributed by atoms with E-state index >= 15 is 0 Å². The molecule has 16 heavy (non-hydrogen) atoms. The molecule has 0 bridgehead atoms. The Kier molecular flexibility index (Phi) is 3.45. The monoisotopic (exact) mass is 237 g/mol. The van der Waals surface area contributed by atoms with Crippen LogP contribution in [0.3, 0.4) is 0 Å². The van der Waals surface area contributed by atoms with Crippen molar-refractivity contribution >= 4 is 11.8 Å². The molecule has 1 aliphatic rings. The lowest BCUT2D eigenvalue weighted by Gasteiger charge is -2.16. The zero-order chi connectivity index (χ0) is 11.6. The van der Waals surface area contributed by atoms with Crippen LogP contribution in [0.4, 0.5) is 0 Å². The van der Waals surface area contributed by atoms with Gasteiger partial charge in [-0.3, -0.25) is 0 Å². The minimum Gasteiger partial charge on any atom is -0.497 e. The van der Waals surface area contributed by atoms with E-state index in [0.717, 1.165) is 12.3 Å². The van der Waals surface area contributed by atoms with Gasteiger partial charge in [0.1, 0.15) is 5.75 Å². The Morgan fingerprint density at radius 2 is 2.19 bits per heavy atom. The summed E-state index contributed by atoms with van der Waals surface area (Å²) in [5.41, 5.74) is 1.31. The summed E-state index contributed by atoms with van der Waals surface area (Å²) in [5, 5.41) is 3.29. The molecule has 0 aliphatic heterocycles. The molecule has 1 aliphatic carbocycles. The van der Waals surface area contributed by atoms with E-state index in [1.807, 2.05) is 24.9 Å². The third-order valence-electron chi connectivity index (χ3n) is 3.02. The highest BCUT2D eigenvalue weighted by Crippen LogP contribution is 2.52. The minimum atomic E-state index is 0.452. The molecule has 88 valence electrons. The van der Waals surface area contributed by atoms with Crippen molar-refractivity contribution in [1.82, 2.24) is 5.32 Å². The Bertz CT molecular complexity index is 374. The molecule has 1 N–H and O–H groups in total. The summed E-state index contributed by atoms with van der Waals surface area (Å²) in [5.74, 6) is 0.945. The highest BCUT2D eigenvalue weighted by Gasteiger charge is 2.43. The van der Waals surface area contributed by atoms with Crippen LogP contribution in [0.5, 0.6) is 5.75 Å². The van der Waals surface area contributed by atoms with E-state index in [-0.39, 0.29) is 0 Å². The van der Waals surface area contributed by atoms with Crippen LogP contribution in [0.15, 0.2) is 23.1 Å². The van der Waals surface area contributed by atoms with Gasteiger partial charge >= 0.3 is 0 Å². The Morgan fingerprint density at radius 1 is 1.44 bits per heavy atom. The Hall–Kier alpha value is -0.670. The van der Waals surface area contributed by atoms with E-state index in [0.29, 0.717) is 4.75 Å². The van der Waals surface area contributed by atoms with Gasteiger partial charge < -0.3 is 10.1 Å². The van der Waals surface area contributed by atoms with Crippen molar-refractivity contribution in [2.24, 2.45) is 0 Å². The van der Waals surface area contributed by atoms with E-state index in [2.05, 4.69) is 24.4 Å². The van der Waals surface area contributed by atoms with Gasteiger partial charge in [0.15, 0.2) is 0 Å². The van der Waals surface area contributed by atoms with Gasteiger partial charge in [-0.2, -0.15) is 0 Å². The van der Waals surface area contributed by atoms with E-state index in [4.69, 9.17) is 4.74 Å². The molecule has 1 fully saturated rings. The molecule has 0 unspecified atom stereocenters. The van der Waals surface area contributed by atoms with Crippen LogP contribution in [0.2, 0.25) is 0 Å². The van der Waals surface area contributed by atoms with Crippen LogP contribution in [-0.4, -0.2) is 25.4 Å². The molecule has 0 spiro atoms. The summed E-state index contributed by atoms with van der Waals surface area (Å²) in [7, 11) is 3.74.